The van der Waals surface area contributed by atoms with Crippen LogP contribution < -0.4 is 5.63 Å². The SMILES string of the molecule is Cc1nn(-c2ccccc2)c(C)c1CN(C)C(=O)c1cc2ccccc2oc1=O. The lowest BCUT2D eigenvalue weighted by molar-refractivity contribution is 0.0780. The van der Waals surface area contributed by atoms with E-state index in [1.54, 1.807) is 25.2 Å². The Morgan fingerprint density at radius 2 is 1.76 bits per heavy atom. The molecule has 0 aliphatic carbocycles. The molecule has 4 rings (SSSR count). The summed E-state index contributed by atoms with van der Waals surface area (Å²) in [7, 11) is 1.68. The van der Waals surface area contributed by atoms with Gasteiger partial charge in [-0.15, -0.1) is 0 Å². The van der Waals surface area contributed by atoms with Gasteiger partial charge in [0.1, 0.15) is 11.1 Å². The zero-order chi connectivity index (χ0) is 20.5. The van der Waals surface area contributed by atoms with E-state index in [0.29, 0.717) is 17.5 Å². The molecule has 0 spiro atoms. The summed E-state index contributed by atoms with van der Waals surface area (Å²) in [6, 6.07) is 18.6. The average Bonchev–Trinajstić information content (AvgIpc) is 3.01. The second kappa shape index (κ2) is 7.39. The van der Waals surface area contributed by atoms with Crippen molar-refractivity contribution in [1.82, 2.24) is 14.7 Å². The van der Waals surface area contributed by atoms with E-state index in [9.17, 15) is 9.59 Å². The van der Waals surface area contributed by atoms with Gasteiger partial charge in [0, 0.05) is 30.2 Å². The van der Waals surface area contributed by atoms with Crippen LogP contribution >= 0.6 is 0 Å². The average molecular weight is 387 g/mol. The highest BCUT2D eigenvalue weighted by Crippen LogP contribution is 2.20. The van der Waals surface area contributed by atoms with Gasteiger partial charge in [0.25, 0.3) is 5.91 Å². The fourth-order valence-corrected chi connectivity index (χ4v) is 3.45. The molecule has 0 unspecified atom stereocenters. The van der Waals surface area contributed by atoms with Crippen molar-refractivity contribution >= 4 is 16.9 Å². The predicted molar refractivity (Wildman–Crippen MR) is 111 cm³/mol. The number of carbonyl (C=O) groups is 1. The van der Waals surface area contributed by atoms with Crippen LogP contribution in [-0.4, -0.2) is 27.6 Å². The van der Waals surface area contributed by atoms with E-state index in [1.807, 2.05) is 61.0 Å². The summed E-state index contributed by atoms with van der Waals surface area (Å²) in [6.07, 6.45) is 0. The number of carbonyl (C=O) groups excluding carboxylic acids is 1. The van der Waals surface area contributed by atoms with E-state index in [2.05, 4.69) is 5.10 Å². The van der Waals surface area contributed by atoms with Crippen molar-refractivity contribution < 1.29 is 9.21 Å². The molecule has 146 valence electrons. The molecule has 29 heavy (non-hydrogen) atoms. The van der Waals surface area contributed by atoms with Crippen molar-refractivity contribution in [2.75, 3.05) is 7.05 Å². The third kappa shape index (κ3) is 3.45. The summed E-state index contributed by atoms with van der Waals surface area (Å²) < 4.78 is 7.17. The first-order valence-electron chi connectivity index (χ1n) is 9.34. The van der Waals surface area contributed by atoms with Crippen molar-refractivity contribution in [2.24, 2.45) is 0 Å². The topological polar surface area (TPSA) is 68.3 Å². The molecule has 0 N–H and O–H groups in total. The van der Waals surface area contributed by atoms with Crippen molar-refractivity contribution in [3.63, 3.8) is 0 Å². The van der Waals surface area contributed by atoms with Gasteiger partial charge in [-0.1, -0.05) is 36.4 Å². The fourth-order valence-electron chi connectivity index (χ4n) is 3.45. The molecular formula is C23H21N3O3. The lowest BCUT2D eigenvalue weighted by Gasteiger charge is -2.17. The minimum Gasteiger partial charge on any atom is -0.422 e. The zero-order valence-electron chi connectivity index (χ0n) is 16.5. The van der Waals surface area contributed by atoms with E-state index in [0.717, 1.165) is 22.6 Å². The zero-order valence-corrected chi connectivity index (χ0v) is 16.5. The molecule has 1 amide bonds. The summed E-state index contributed by atoms with van der Waals surface area (Å²) in [6.45, 7) is 4.24. The van der Waals surface area contributed by atoms with Gasteiger partial charge >= 0.3 is 5.63 Å². The Kier molecular flexibility index (Phi) is 4.76. The van der Waals surface area contributed by atoms with E-state index in [-0.39, 0.29) is 11.5 Å². The van der Waals surface area contributed by atoms with Gasteiger partial charge < -0.3 is 9.32 Å². The van der Waals surface area contributed by atoms with Crippen LogP contribution in [0.15, 0.2) is 69.9 Å². The van der Waals surface area contributed by atoms with Gasteiger partial charge in [-0.05, 0) is 38.1 Å². The third-order valence-corrected chi connectivity index (χ3v) is 5.06. The van der Waals surface area contributed by atoms with E-state index < -0.39 is 5.63 Å². The summed E-state index contributed by atoms with van der Waals surface area (Å²) in [5, 5.41) is 5.34. The summed E-state index contributed by atoms with van der Waals surface area (Å²) in [4.78, 5) is 26.8. The molecule has 0 aliphatic rings. The van der Waals surface area contributed by atoms with Crippen molar-refractivity contribution in [3.05, 3.63) is 93.6 Å². The van der Waals surface area contributed by atoms with Crippen LogP contribution in [-0.2, 0) is 6.54 Å². The van der Waals surface area contributed by atoms with Gasteiger partial charge in [0.2, 0.25) is 0 Å². The molecule has 2 aromatic heterocycles. The van der Waals surface area contributed by atoms with Gasteiger partial charge in [-0.2, -0.15) is 5.10 Å². The smallest absolute Gasteiger partial charge is 0.349 e. The summed E-state index contributed by atoms with van der Waals surface area (Å²) in [5.74, 6) is -0.379. The summed E-state index contributed by atoms with van der Waals surface area (Å²) in [5.41, 5.74) is 3.58. The predicted octanol–water partition coefficient (Wildman–Crippen LogP) is 3.87. The highest BCUT2D eigenvalue weighted by atomic mass is 16.4. The van der Waals surface area contributed by atoms with E-state index in [4.69, 9.17) is 4.42 Å². The minimum atomic E-state index is -0.631. The van der Waals surface area contributed by atoms with Crippen molar-refractivity contribution in [2.45, 2.75) is 20.4 Å². The van der Waals surface area contributed by atoms with Crippen LogP contribution in [0.3, 0.4) is 0 Å². The number of aromatic nitrogens is 2. The Balaban J connectivity index is 1.64. The molecule has 6 nitrogen and oxygen atoms in total. The molecule has 0 aliphatic heterocycles. The van der Waals surface area contributed by atoms with Gasteiger partial charge in [0.15, 0.2) is 0 Å². The van der Waals surface area contributed by atoms with E-state index >= 15 is 0 Å². The number of para-hydroxylation sites is 2. The minimum absolute atomic E-state index is 0.0250. The third-order valence-electron chi connectivity index (χ3n) is 5.06. The monoisotopic (exact) mass is 387 g/mol. The lowest BCUT2D eigenvalue weighted by atomic mass is 10.1. The second-order valence-corrected chi connectivity index (χ2v) is 7.04. The van der Waals surface area contributed by atoms with Crippen LogP contribution in [0.5, 0.6) is 0 Å². The standard InChI is InChI=1S/C23H21N3O3/c1-15-20(16(2)26(24-15)18-10-5-4-6-11-18)14-25(3)22(27)19-13-17-9-7-8-12-21(17)29-23(19)28/h4-13H,14H2,1-3H3. The van der Waals surface area contributed by atoms with Crippen molar-refractivity contribution in [1.29, 1.82) is 0 Å². The quantitative estimate of drug-likeness (QED) is 0.499. The maximum absolute atomic E-state index is 13.0. The van der Waals surface area contributed by atoms with Crippen LogP contribution in [0, 0.1) is 13.8 Å². The number of hydrogen-bond acceptors (Lipinski definition) is 4. The Labute approximate surface area is 168 Å². The highest BCUT2D eigenvalue weighted by Gasteiger charge is 2.21. The van der Waals surface area contributed by atoms with Gasteiger partial charge in [0.05, 0.1) is 11.4 Å². The molecular weight excluding hydrogens is 366 g/mol. The molecule has 4 aromatic rings. The maximum atomic E-state index is 13.0. The first-order valence-corrected chi connectivity index (χ1v) is 9.34. The number of hydrogen-bond donors (Lipinski definition) is 0. The fraction of sp³-hybridized carbons (Fsp3) is 0.174. The molecule has 6 heteroatoms. The Hall–Kier alpha value is -3.67. The van der Waals surface area contributed by atoms with E-state index in [1.165, 1.54) is 4.90 Å². The Morgan fingerprint density at radius 3 is 2.52 bits per heavy atom. The lowest BCUT2D eigenvalue weighted by Crippen LogP contribution is -2.30. The van der Waals surface area contributed by atoms with Crippen LogP contribution in [0.25, 0.3) is 16.7 Å². The first kappa shape index (κ1) is 18.7. The van der Waals surface area contributed by atoms with Crippen molar-refractivity contribution in [3.8, 4) is 5.69 Å². The molecule has 0 radical (unpaired) electrons. The number of nitrogens with zero attached hydrogens (tertiary/aromatic N) is 3. The molecule has 0 atom stereocenters. The molecule has 2 heterocycles. The number of amides is 1. The number of benzene rings is 2. The maximum Gasteiger partial charge on any atom is 0.349 e. The number of aryl methyl sites for hydroxylation is 1. The van der Waals surface area contributed by atoms with Crippen LogP contribution in [0.4, 0.5) is 0 Å². The highest BCUT2D eigenvalue weighted by molar-refractivity contribution is 5.96. The molecule has 0 saturated heterocycles. The Bertz CT molecular complexity index is 1260. The Morgan fingerprint density at radius 1 is 1.07 bits per heavy atom. The number of fused-ring (bicyclic) bond motifs is 1. The molecule has 2 aromatic carbocycles. The van der Waals surface area contributed by atoms with Gasteiger partial charge in [-0.25, -0.2) is 9.48 Å². The summed E-state index contributed by atoms with van der Waals surface area (Å²) >= 11 is 0. The largest absolute Gasteiger partial charge is 0.422 e. The van der Waals surface area contributed by atoms with Gasteiger partial charge in [-0.3, -0.25) is 4.79 Å². The molecule has 0 bridgehead atoms. The second-order valence-electron chi connectivity index (χ2n) is 7.04. The molecule has 0 fully saturated rings. The number of rotatable bonds is 4. The normalized spacial score (nSPS) is 11.0. The van der Waals surface area contributed by atoms with Crippen LogP contribution in [0.1, 0.15) is 27.3 Å². The van der Waals surface area contributed by atoms with Crippen LogP contribution in [0.2, 0.25) is 0 Å². The first-order chi connectivity index (χ1) is 14.0. The molecule has 0 saturated carbocycles.